The first kappa shape index (κ1) is 21.8. The summed E-state index contributed by atoms with van der Waals surface area (Å²) >= 11 is 1.58. The summed E-state index contributed by atoms with van der Waals surface area (Å²) in [5.41, 5.74) is 1.43. The lowest BCUT2D eigenvalue weighted by molar-refractivity contribution is -0.883. The van der Waals surface area contributed by atoms with E-state index in [9.17, 15) is 9.59 Å². The molecule has 0 radical (unpaired) electrons. The molecule has 0 fully saturated rings. The van der Waals surface area contributed by atoms with E-state index in [-0.39, 0.29) is 24.9 Å². The van der Waals surface area contributed by atoms with E-state index in [0.29, 0.717) is 11.4 Å². The van der Waals surface area contributed by atoms with Crippen LogP contribution in [0.1, 0.15) is 13.3 Å². The molecular formula is C21H28N3O3S+. The van der Waals surface area contributed by atoms with Crippen molar-refractivity contribution in [2.45, 2.75) is 18.2 Å². The van der Waals surface area contributed by atoms with Crippen molar-refractivity contribution in [1.29, 1.82) is 0 Å². The first-order valence-electron chi connectivity index (χ1n) is 9.26. The SMILES string of the molecule is CCC[NH+](CC(=O)Nc1ccccc1OC)CC(=O)Nc1ccccc1SC. The molecule has 7 heteroatoms. The molecule has 1 atom stereocenters. The maximum absolute atomic E-state index is 12.5. The minimum absolute atomic E-state index is 0.102. The van der Waals surface area contributed by atoms with Gasteiger partial charge in [0.2, 0.25) is 0 Å². The van der Waals surface area contributed by atoms with E-state index in [2.05, 4.69) is 10.6 Å². The first-order chi connectivity index (χ1) is 13.6. The van der Waals surface area contributed by atoms with Crippen LogP contribution in [0.2, 0.25) is 0 Å². The van der Waals surface area contributed by atoms with Crippen molar-refractivity contribution in [1.82, 2.24) is 0 Å². The van der Waals surface area contributed by atoms with Crippen LogP contribution in [0.4, 0.5) is 11.4 Å². The Morgan fingerprint density at radius 2 is 1.54 bits per heavy atom. The molecule has 2 aromatic rings. The van der Waals surface area contributed by atoms with Crippen molar-refractivity contribution in [2.75, 3.05) is 43.6 Å². The molecule has 1 unspecified atom stereocenters. The molecular weight excluding hydrogens is 374 g/mol. The largest absolute Gasteiger partial charge is 0.495 e. The van der Waals surface area contributed by atoms with Crippen molar-refractivity contribution >= 4 is 35.0 Å². The highest BCUT2D eigenvalue weighted by Crippen LogP contribution is 2.24. The maximum atomic E-state index is 12.5. The zero-order valence-electron chi connectivity index (χ0n) is 16.6. The minimum atomic E-state index is -0.148. The topological polar surface area (TPSA) is 71.9 Å². The number of nitrogens with one attached hydrogen (secondary N) is 3. The third-order valence-electron chi connectivity index (χ3n) is 4.19. The van der Waals surface area contributed by atoms with Crippen LogP contribution < -0.4 is 20.3 Å². The van der Waals surface area contributed by atoms with E-state index in [1.807, 2.05) is 49.6 Å². The Balaban J connectivity index is 1.96. The molecule has 150 valence electrons. The summed E-state index contributed by atoms with van der Waals surface area (Å²) < 4.78 is 5.26. The summed E-state index contributed by atoms with van der Waals surface area (Å²) in [5.74, 6) is 0.361. The Labute approximate surface area is 170 Å². The van der Waals surface area contributed by atoms with E-state index >= 15 is 0 Å². The number of carbonyl (C=O) groups excluding carboxylic acids is 2. The summed E-state index contributed by atoms with van der Waals surface area (Å²) in [5, 5.41) is 5.83. The van der Waals surface area contributed by atoms with Crippen molar-refractivity contribution in [3.63, 3.8) is 0 Å². The van der Waals surface area contributed by atoms with Crippen molar-refractivity contribution in [3.8, 4) is 5.75 Å². The van der Waals surface area contributed by atoms with Gasteiger partial charge in [-0.15, -0.1) is 11.8 Å². The Kier molecular flexibility index (Phi) is 8.84. The molecule has 0 saturated carbocycles. The third-order valence-corrected chi connectivity index (χ3v) is 4.98. The number of rotatable bonds is 10. The second-order valence-corrected chi connectivity index (χ2v) is 7.20. The lowest BCUT2D eigenvalue weighted by Gasteiger charge is -2.19. The Hall–Kier alpha value is -2.51. The number of para-hydroxylation sites is 3. The van der Waals surface area contributed by atoms with Crippen LogP contribution in [0.25, 0.3) is 0 Å². The third kappa shape index (κ3) is 6.58. The van der Waals surface area contributed by atoms with Crippen LogP contribution in [0, 0.1) is 0 Å². The lowest BCUT2D eigenvalue weighted by Crippen LogP contribution is -3.14. The number of ether oxygens (including phenoxy) is 1. The highest BCUT2D eigenvalue weighted by molar-refractivity contribution is 7.98. The number of methoxy groups -OCH3 is 1. The minimum Gasteiger partial charge on any atom is -0.495 e. The molecule has 6 nitrogen and oxygen atoms in total. The van der Waals surface area contributed by atoms with Crippen LogP contribution in [-0.2, 0) is 9.59 Å². The number of hydrogen-bond acceptors (Lipinski definition) is 4. The number of quaternary nitrogens is 1. The highest BCUT2D eigenvalue weighted by atomic mass is 32.2. The van der Waals surface area contributed by atoms with Gasteiger partial charge in [-0.1, -0.05) is 31.2 Å². The van der Waals surface area contributed by atoms with Crippen LogP contribution in [0.15, 0.2) is 53.4 Å². The smallest absolute Gasteiger partial charge is 0.279 e. The summed E-state index contributed by atoms with van der Waals surface area (Å²) in [6.45, 7) is 3.22. The second-order valence-electron chi connectivity index (χ2n) is 6.35. The van der Waals surface area contributed by atoms with E-state index < -0.39 is 0 Å². The monoisotopic (exact) mass is 402 g/mol. The van der Waals surface area contributed by atoms with Gasteiger partial charge in [-0.3, -0.25) is 9.59 Å². The van der Waals surface area contributed by atoms with Gasteiger partial charge in [-0.05, 0) is 36.9 Å². The van der Waals surface area contributed by atoms with Crippen molar-refractivity contribution < 1.29 is 19.2 Å². The van der Waals surface area contributed by atoms with Crippen LogP contribution >= 0.6 is 11.8 Å². The van der Waals surface area contributed by atoms with Gasteiger partial charge in [0.1, 0.15) is 5.75 Å². The normalized spacial score (nSPS) is 11.5. The molecule has 0 bridgehead atoms. The summed E-state index contributed by atoms with van der Waals surface area (Å²) in [6, 6.07) is 15.0. The van der Waals surface area contributed by atoms with Gasteiger partial charge in [0.15, 0.2) is 13.1 Å². The Morgan fingerprint density at radius 3 is 2.14 bits per heavy atom. The Morgan fingerprint density at radius 1 is 0.964 bits per heavy atom. The average Bonchev–Trinajstić information content (AvgIpc) is 2.68. The number of carbonyl (C=O) groups is 2. The van der Waals surface area contributed by atoms with Gasteiger partial charge in [0.05, 0.1) is 25.0 Å². The number of thioether (sulfide) groups is 1. The fourth-order valence-electron chi connectivity index (χ4n) is 2.93. The summed E-state index contributed by atoms with van der Waals surface area (Å²) in [6.07, 6.45) is 2.85. The van der Waals surface area contributed by atoms with Crippen LogP contribution in [0.3, 0.4) is 0 Å². The Bertz CT molecular complexity index is 734. The molecule has 2 amide bonds. The summed E-state index contributed by atoms with van der Waals surface area (Å²) in [4.78, 5) is 26.9. The molecule has 0 aliphatic rings. The van der Waals surface area contributed by atoms with Gasteiger partial charge in [0.25, 0.3) is 11.8 Å². The van der Waals surface area contributed by atoms with Crippen LogP contribution in [-0.4, -0.2) is 44.8 Å². The molecule has 3 N–H and O–H groups in total. The van der Waals surface area contributed by atoms with E-state index in [1.54, 1.807) is 31.0 Å². The molecule has 0 heterocycles. The summed E-state index contributed by atoms with van der Waals surface area (Å²) in [7, 11) is 1.57. The molecule has 0 saturated heterocycles. The molecule has 2 rings (SSSR count). The van der Waals surface area contributed by atoms with Gasteiger partial charge >= 0.3 is 0 Å². The van der Waals surface area contributed by atoms with Gasteiger partial charge in [-0.2, -0.15) is 0 Å². The zero-order valence-corrected chi connectivity index (χ0v) is 17.4. The van der Waals surface area contributed by atoms with Crippen molar-refractivity contribution in [3.05, 3.63) is 48.5 Å². The lowest BCUT2D eigenvalue weighted by atomic mass is 10.3. The molecule has 0 aliphatic carbocycles. The number of amides is 2. The molecule has 0 spiro atoms. The standard InChI is InChI=1S/C21H27N3O3S/c1-4-13-24(14-20(25)22-16-9-5-7-11-18(16)27-2)15-21(26)23-17-10-6-8-12-19(17)28-3/h5-12H,4,13-15H2,1-3H3,(H,22,25)(H,23,26)/p+1. The zero-order chi connectivity index (χ0) is 20.4. The molecule has 28 heavy (non-hydrogen) atoms. The predicted octanol–water partition coefficient (Wildman–Crippen LogP) is 2.29. The molecule has 0 aromatic heterocycles. The fraction of sp³-hybridized carbons (Fsp3) is 0.333. The van der Waals surface area contributed by atoms with Gasteiger partial charge in [0, 0.05) is 4.90 Å². The average molecular weight is 403 g/mol. The van der Waals surface area contributed by atoms with E-state index in [1.165, 1.54) is 0 Å². The first-order valence-corrected chi connectivity index (χ1v) is 10.5. The number of benzene rings is 2. The van der Waals surface area contributed by atoms with E-state index in [0.717, 1.165) is 28.4 Å². The number of anilines is 2. The van der Waals surface area contributed by atoms with Gasteiger partial charge < -0.3 is 20.3 Å². The molecule has 0 aliphatic heterocycles. The van der Waals surface area contributed by atoms with Crippen molar-refractivity contribution in [2.24, 2.45) is 0 Å². The second kappa shape index (κ2) is 11.4. The highest BCUT2D eigenvalue weighted by Gasteiger charge is 2.19. The van der Waals surface area contributed by atoms with Gasteiger partial charge in [-0.25, -0.2) is 0 Å². The quantitative estimate of drug-likeness (QED) is 0.533. The fourth-order valence-corrected chi connectivity index (χ4v) is 3.49. The molecule has 2 aromatic carbocycles. The number of hydrogen-bond donors (Lipinski definition) is 3. The predicted molar refractivity (Wildman–Crippen MR) is 114 cm³/mol. The maximum Gasteiger partial charge on any atom is 0.279 e. The van der Waals surface area contributed by atoms with Crippen LogP contribution in [0.5, 0.6) is 5.75 Å². The van der Waals surface area contributed by atoms with E-state index in [4.69, 9.17) is 4.74 Å².